The molecule has 128 valence electrons. The van der Waals surface area contributed by atoms with Crippen molar-refractivity contribution in [2.24, 2.45) is 0 Å². The lowest BCUT2D eigenvalue weighted by Gasteiger charge is -2.41. The Morgan fingerprint density at radius 2 is 2.09 bits per heavy atom. The number of aliphatic hydroxyl groups is 1. The van der Waals surface area contributed by atoms with E-state index in [9.17, 15) is 9.90 Å². The van der Waals surface area contributed by atoms with Crippen molar-refractivity contribution in [3.05, 3.63) is 23.4 Å². The summed E-state index contributed by atoms with van der Waals surface area (Å²) in [5.41, 5.74) is 1.69. The first-order valence-electron chi connectivity index (χ1n) is 8.00. The molecule has 1 aromatic heterocycles. The van der Waals surface area contributed by atoms with Crippen molar-refractivity contribution in [2.45, 2.75) is 46.3 Å². The first-order chi connectivity index (χ1) is 10.7. The summed E-state index contributed by atoms with van der Waals surface area (Å²) < 4.78 is 5.43. The van der Waals surface area contributed by atoms with E-state index < -0.39 is 5.60 Å². The number of piperazine rings is 1. The lowest BCUT2D eigenvalue weighted by atomic mass is 10.1. The SMILES string of the molecule is Cc1cnc(N2CCN(C(=O)OC(C)(C)C)[C@H](CO)C2)c(C)c1. The molecule has 6 nitrogen and oxygen atoms in total. The molecular formula is C17H27N3O3. The van der Waals surface area contributed by atoms with Crippen molar-refractivity contribution >= 4 is 11.9 Å². The summed E-state index contributed by atoms with van der Waals surface area (Å²) in [5.74, 6) is 0.915. The normalized spacial score (nSPS) is 19.0. The van der Waals surface area contributed by atoms with Gasteiger partial charge in [-0.1, -0.05) is 6.07 Å². The number of anilines is 1. The van der Waals surface area contributed by atoms with Crippen LogP contribution >= 0.6 is 0 Å². The Morgan fingerprint density at radius 3 is 2.65 bits per heavy atom. The number of pyridine rings is 1. The maximum Gasteiger partial charge on any atom is 0.410 e. The van der Waals surface area contributed by atoms with E-state index in [0.29, 0.717) is 19.6 Å². The number of ether oxygens (including phenoxy) is 1. The second-order valence-electron chi connectivity index (χ2n) is 7.11. The number of nitrogens with zero attached hydrogens (tertiary/aromatic N) is 3. The second-order valence-corrected chi connectivity index (χ2v) is 7.11. The molecule has 1 amide bonds. The molecule has 6 heteroatoms. The van der Waals surface area contributed by atoms with Gasteiger partial charge in [0.2, 0.25) is 0 Å². The van der Waals surface area contributed by atoms with Crippen LogP contribution in [0, 0.1) is 13.8 Å². The van der Waals surface area contributed by atoms with E-state index in [1.807, 2.05) is 40.8 Å². The Morgan fingerprint density at radius 1 is 1.39 bits per heavy atom. The van der Waals surface area contributed by atoms with E-state index in [4.69, 9.17) is 4.74 Å². The van der Waals surface area contributed by atoms with Crippen molar-refractivity contribution in [1.82, 2.24) is 9.88 Å². The summed E-state index contributed by atoms with van der Waals surface area (Å²) in [6.07, 6.45) is 1.47. The number of carbonyl (C=O) groups excluding carboxylic acids is 1. The highest BCUT2D eigenvalue weighted by Gasteiger charge is 2.33. The summed E-state index contributed by atoms with van der Waals surface area (Å²) in [4.78, 5) is 20.5. The lowest BCUT2D eigenvalue weighted by molar-refractivity contribution is 0.00699. The predicted molar refractivity (Wildman–Crippen MR) is 89.7 cm³/mol. The van der Waals surface area contributed by atoms with Gasteiger partial charge in [0.1, 0.15) is 11.4 Å². The zero-order valence-corrected chi connectivity index (χ0v) is 14.7. The molecule has 2 rings (SSSR count). The minimum atomic E-state index is -0.538. The molecule has 1 fully saturated rings. The molecule has 0 spiro atoms. The fourth-order valence-corrected chi connectivity index (χ4v) is 2.80. The molecule has 0 unspecified atom stereocenters. The molecule has 0 radical (unpaired) electrons. The van der Waals surface area contributed by atoms with Crippen LogP contribution in [0.15, 0.2) is 12.3 Å². The van der Waals surface area contributed by atoms with Crippen LogP contribution < -0.4 is 4.90 Å². The van der Waals surface area contributed by atoms with Crippen LogP contribution in [0.1, 0.15) is 31.9 Å². The van der Waals surface area contributed by atoms with Crippen LogP contribution in [0.5, 0.6) is 0 Å². The molecule has 1 atom stereocenters. The van der Waals surface area contributed by atoms with Crippen LogP contribution in [-0.2, 0) is 4.74 Å². The number of carbonyl (C=O) groups is 1. The monoisotopic (exact) mass is 321 g/mol. The van der Waals surface area contributed by atoms with E-state index in [1.54, 1.807) is 4.90 Å². The lowest BCUT2D eigenvalue weighted by Crippen LogP contribution is -2.57. The average Bonchev–Trinajstić information content (AvgIpc) is 2.44. The molecule has 1 aliphatic heterocycles. The largest absolute Gasteiger partial charge is 0.444 e. The van der Waals surface area contributed by atoms with Gasteiger partial charge in [0.15, 0.2) is 0 Å². The van der Waals surface area contributed by atoms with Crippen molar-refractivity contribution in [2.75, 3.05) is 31.1 Å². The standard InChI is InChI=1S/C17H27N3O3/c1-12-8-13(2)15(18-9-12)19-6-7-20(14(10-19)11-21)16(22)23-17(3,4)5/h8-9,14,21H,6-7,10-11H2,1-5H3/t14-/m0/s1. The third kappa shape index (κ3) is 4.34. The van der Waals surface area contributed by atoms with Gasteiger partial charge in [-0.3, -0.25) is 4.90 Å². The number of aryl methyl sites for hydroxylation is 2. The highest BCUT2D eigenvalue weighted by Crippen LogP contribution is 2.22. The minimum Gasteiger partial charge on any atom is -0.444 e. The molecule has 2 heterocycles. The maximum atomic E-state index is 12.3. The first kappa shape index (κ1) is 17.5. The van der Waals surface area contributed by atoms with Crippen LogP contribution in [-0.4, -0.2) is 59.0 Å². The van der Waals surface area contributed by atoms with E-state index in [0.717, 1.165) is 16.9 Å². The molecule has 0 aromatic carbocycles. The molecule has 1 saturated heterocycles. The smallest absolute Gasteiger partial charge is 0.410 e. The van der Waals surface area contributed by atoms with Gasteiger partial charge in [-0.25, -0.2) is 9.78 Å². The van der Waals surface area contributed by atoms with Gasteiger partial charge in [0.05, 0.1) is 12.6 Å². The Hall–Kier alpha value is -1.82. The Balaban J connectivity index is 2.11. The zero-order chi connectivity index (χ0) is 17.2. The number of hydrogen-bond acceptors (Lipinski definition) is 5. The highest BCUT2D eigenvalue weighted by molar-refractivity contribution is 5.69. The second kappa shape index (κ2) is 6.74. The van der Waals surface area contributed by atoms with Crippen LogP contribution in [0.4, 0.5) is 10.6 Å². The maximum absolute atomic E-state index is 12.3. The fourth-order valence-electron chi connectivity index (χ4n) is 2.80. The summed E-state index contributed by atoms with van der Waals surface area (Å²) in [6, 6.07) is 1.80. The molecule has 0 aliphatic carbocycles. The first-order valence-corrected chi connectivity index (χ1v) is 8.00. The van der Waals surface area contributed by atoms with Gasteiger partial charge in [-0.2, -0.15) is 0 Å². The third-order valence-corrected chi connectivity index (χ3v) is 3.81. The quantitative estimate of drug-likeness (QED) is 0.904. The van der Waals surface area contributed by atoms with Gasteiger partial charge in [-0.05, 0) is 45.7 Å². The number of rotatable bonds is 2. The van der Waals surface area contributed by atoms with Crippen LogP contribution in [0.3, 0.4) is 0 Å². The molecule has 1 aromatic rings. The van der Waals surface area contributed by atoms with E-state index in [-0.39, 0.29) is 18.7 Å². The summed E-state index contributed by atoms with van der Waals surface area (Å²) >= 11 is 0. The average molecular weight is 321 g/mol. The Kier molecular flexibility index (Phi) is 5.14. The third-order valence-electron chi connectivity index (χ3n) is 3.81. The molecule has 0 bridgehead atoms. The zero-order valence-electron chi connectivity index (χ0n) is 14.7. The Labute approximate surface area is 138 Å². The molecule has 1 N–H and O–H groups in total. The van der Waals surface area contributed by atoms with Crippen LogP contribution in [0.25, 0.3) is 0 Å². The Bertz CT molecular complexity index is 569. The van der Waals surface area contributed by atoms with Crippen molar-refractivity contribution < 1.29 is 14.6 Å². The van der Waals surface area contributed by atoms with E-state index in [2.05, 4.69) is 16.0 Å². The number of hydrogen-bond donors (Lipinski definition) is 1. The topological polar surface area (TPSA) is 65.9 Å². The highest BCUT2D eigenvalue weighted by atomic mass is 16.6. The van der Waals surface area contributed by atoms with E-state index >= 15 is 0 Å². The van der Waals surface area contributed by atoms with Crippen LogP contribution in [0.2, 0.25) is 0 Å². The van der Waals surface area contributed by atoms with E-state index in [1.165, 1.54) is 0 Å². The molecule has 1 aliphatic rings. The van der Waals surface area contributed by atoms with Crippen molar-refractivity contribution in [3.8, 4) is 0 Å². The number of aromatic nitrogens is 1. The van der Waals surface area contributed by atoms with Crippen molar-refractivity contribution in [3.63, 3.8) is 0 Å². The van der Waals surface area contributed by atoms with Gasteiger partial charge in [-0.15, -0.1) is 0 Å². The van der Waals surface area contributed by atoms with Gasteiger partial charge >= 0.3 is 6.09 Å². The van der Waals surface area contributed by atoms with Crippen molar-refractivity contribution in [1.29, 1.82) is 0 Å². The summed E-state index contributed by atoms with van der Waals surface area (Å²) in [6.45, 7) is 11.2. The summed E-state index contributed by atoms with van der Waals surface area (Å²) in [5, 5.41) is 9.69. The molecule has 23 heavy (non-hydrogen) atoms. The number of amides is 1. The minimum absolute atomic E-state index is 0.0966. The molecule has 0 saturated carbocycles. The summed E-state index contributed by atoms with van der Waals surface area (Å²) in [7, 11) is 0. The van der Waals surface area contributed by atoms with Gasteiger partial charge < -0.3 is 14.7 Å². The molecular weight excluding hydrogens is 294 g/mol. The predicted octanol–water partition coefficient (Wildman–Crippen LogP) is 2.12. The van der Waals surface area contributed by atoms with Gasteiger partial charge in [0.25, 0.3) is 0 Å². The number of aliphatic hydroxyl groups excluding tert-OH is 1. The van der Waals surface area contributed by atoms with Gasteiger partial charge in [0, 0.05) is 25.8 Å². The fraction of sp³-hybridized carbons (Fsp3) is 0.647.